The van der Waals surface area contributed by atoms with Crippen molar-refractivity contribution in [2.24, 2.45) is 0 Å². The lowest BCUT2D eigenvalue weighted by atomic mass is 10.0. The summed E-state index contributed by atoms with van der Waals surface area (Å²) in [6, 6.07) is 4.27. The molecule has 0 aliphatic heterocycles. The first-order chi connectivity index (χ1) is 8.51. The van der Waals surface area contributed by atoms with Crippen molar-refractivity contribution < 1.29 is 23.5 Å². The van der Waals surface area contributed by atoms with E-state index in [1.807, 2.05) is 0 Å². The number of Topliss-reactive ketones (excluding diaryl/α,β-unsaturated/α-hetero) is 1. The van der Waals surface area contributed by atoms with Crippen LogP contribution in [-0.2, 0) is 9.53 Å². The number of rotatable bonds is 5. The van der Waals surface area contributed by atoms with E-state index in [9.17, 15) is 14.0 Å². The quantitative estimate of drug-likeness (QED) is 0.460. The van der Waals surface area contributed by atoms with Gasteiger partial charge in [-0.25, -0.2) is 9.18 Å². The summed E-state index contributed by atoms with van der Waals surface area (Å²) in [6.45, 7) is 3.05. The molecule has 0 radical (unpaired) electrons. The van der Waals surface area contributed by atoms with Crippen molar-refractivity contribution in [3.05, 3.63) is 29.3 Å². The van der Waals surface area contributed by atoms with Gasteiger partial charge in [0.05, 0.1) is 19.3 Å². The average molecular weight is 254 g/mol. The molecule has 1 atom stereocenters. The van der Waals surface area contributed by atoms with E-state index >= 15 is 0 Å². The van der Waals surface area contributed by atoms with Gasteiger partial charge in [-0.15, -0.1) is 0 Å². The van der Waals surface area contributed by atoms with Crippen LogP contribution in [0.25, 0.3) is 0 Å². The number of ether oxygens (including phenoxy) is 2. The summed E-state index contributed by atoms with van der Waals surface area (Å²) in [7, 11) is 1.37. The summed E-state index contributed by atoms with van der Waals surface area (Å²) < 4.78 is 22.8. The molecule has 0 fully saturated rings. The Labute approximate surface area is 105 Å². The second-order valence-corrected chi connectivity index (χ2v) is 3.63. The molecular formula is C13H15FO4. The fourth-order valence-corrected chi connectivity index (χ4v) is 1.46. The maximum Gasteiger partial charge on any atom is 0.379 e. The van der Waals surface area contributed by atoms with Crippen molar-refractivity contribution in [2.75, 3.05) is 13.7 Å². The SMILES string of the molecule is CCOC(=O)C(=O)c1cc(C(C)F)ccc1OC. The second kappa shape index (κ2) is 6.14. The third-order valence-electron chi connectivity index (χ3n) is 2.39. The minimum atomic E-state index is -1.23. The highest BCUT2D eigenvalue weighted by Gasteiger charge is 2.22. The van der Waals surface area contributed by atoms with Crippen LogP contribution in [0.5, 0.6) is 5.75 Å². The minimum absolute atomic E-state index is 0.0120. The van der Waals surface area contributed by atoms with Crippen molar-refractivity contribution in [1.29, 1.82) is 0 Å². The number of alkyl halides is 1. The Kier molecular flexibility index (Phi) is 4.83. The molecule has 0 bridgehead atoms. The number of carbonyl (C=O) groups is 2. The number of hydrogen-bond acceptors (Lipinski definition) is 4. The van der Waals surface area contributed by atoms with E-state index in [-0.39, 0.29) is 17.9 Å². The number of benzene rings is 1. The molecule has 0 aliphatic rings. The normalized spacial score (nSPS) is 11.8. The smallest absolute Gasteiger partial charge is 0.379 e. The molecule has 0 heterocycles. The van der Waals surface area contributed by atoms with E-state index in [0.717, 1.165) is 0 Å². The highest BCUT2D eigenvalue weighted by molar-refractivity contribution is 6.41. The number of esters is 1. The van der Waals surface area contributed by atoms with Crippen molar-refractivity contribution in [3.63, 3.8) is 0 Å². The summed E-state index contributed by atoms with van der Waals surface area (Å²) in [4.78, 5) is 23.2. The first-order valence-corrected chi connectivity index (χ1v) is 5.54. The second-order valence-electron chi connectivity index (χ2n) is 3.63. The predicted octanol–water partition coefficient (Wildman–Crippen LogP) is 2.47. The van der Waals surface area contributed by atoms with Crippen LogP contribution in [0.3, 0.4) is 0 Å². The van der Waals surface area contributed by atoms with Gasteiger partial charge in [-0.3, -0.25) is 4.79 Å². The first kappa shape index (κ1) is 14.2. The van der Waals surface area contributed by atoms with Crippen molar-refractivity contribution >= 4 is 11.8 Å². The lowest BCUT2D eigenvalue weighted by molar-refractivity contribution is -0.137. The Hall–Kier alpha value is -1.91. The van der Waals surface area contributed by atoms with E-state index in [4.69, 9.17) is 4.74 Å². The van der Waals surface area contributed by atoms with Crippen molar-refractivity contribution in [3.8, 4) is 5.75 Å². The van der Waals surface area contributed by atoms with E-state index in [1.54, 1.807) is 6.92 Å². The van der Waals surface area contributed by atoms with Gasteiger partial charge in [0.1, 0.15) is 11.9 Å². The summed E-state index contributed by atoms with van der Waals surface area (Å²) in [5, 5.41) is 0. The van der Waals surface area contributed by atoms with E-state index in [1.165, 1.54) is 32.2 Å². The van der Waals surface area contributed by atoms with E-state index in [0.29, 0.717) is 5.56 Å². The van der Waals surface area contributed by atoms with Gasteiger partial charge in [-0.1, -0.05) is 6.07 Å². The van der Waals surface area contributed by atoms with Crippen molar-refractivity contribution in [1.82, 2.24) is 0 Å². The number of hydrogen-bond donors (Lipinski definition) is 0. The first-order valence-electron chi connectivity index (χ1n) is 5.54. The zero-order valence-corrected chi connectivity index (χ0v) is 10.5. The van der Waals surface area contributed by atoms with Gasteiger partial charge < -0.3 is 9.47 Å². The Morgan fingerprint density at radius 2 is 2.06 bits per heavy atom. The topological polar surface area (TPSA) is 52.6 Å². The highest BCUT2D eigenvalue weighted by atomic mass is 19.1. The molecule has 4 nitrogen and oxygen atoms in total. The van der Waals surface area contributed by atoms with Crippen LogP contribution < -0.4 is 4.74 Å². The highest BCUT2D eigenvalue weighted by Crippen LogP contribution is 2.25. The maximum atomic E-state index is 13.2. The minimum Gasteiger partial charge on any atom is -0.496 e. The number of carbonyl (C=O) groups excluding carboxylic acids is 2. The van der Waals surface area contributed by atoms with Crippen LogP contribution >= 0.6 is 0 Å². The Bertz CT molecular complexity index is 454. The molecule has 98 valence electrons. The molecule has 5 heteroatoms. The number of methoxy groups -OCH3 is 1. The molecule has 1 aromatic carbocycles. The molecule has 0 amide bonds. The predicted molar refractivity (Wildman–Crippen MR) is 63.5 cm³/mol. The Morgan fingerprint density at radius 3 is 2.56 bits per heavy atom. The van der Waals surface area contributed by atoms with E-state index < -0.39 is 17.9 Å². The van der Waals surface area contributed by atoms with Crippen LogP contribution in [0.4, 0.5) is 4.39 Å². The molecular weight excluding hydrogens is 239 g/mol. The Morgan fingerprint density at radius 1 is 1.39 bits per heavy atom. The zero-order chi connectivity index (χ0) is 13.7. The molecule has 1 unspecified atom stereocenters. The van der Waals surface area contributed by atoms with Crippen LogP contribution in [0.15, 0.2) is 18.2 Å². The zero-order valence-electron chi connectivity index (χ0n) is 10.5. The molecule has 0 saturated heterocycles. The van der Waals surface area contributed by atoms with Crippen LogP contribution in [0.1, 0.15) is 35.9 Å². The summed E-state index contributed by atoms with van der Waals surface area (Å²) in [5.74, 6) is -1.59. The molecule has 0 saturated carbocycles. The van der Waals surface area contributed by atoms with Gasteiger partial charge in [0.2, 0.25) is 0 Å². The monoisotopic (exact) mass is 254 g/mol. The summed E-state index contributed by atoms with van der Waals surface area (Å²) in [5.41, 5.74) is 0.321. The summed E-state index contributed by atoms with van der Waals surface area (Å²) in [6.07, 6.45) is -1.23. The molecule has 0 N–H and O–H groups in total. The Balaban J connectivity index is 3.15. The number of ketones is 1. The third-order valence-corrected chi connectivity index (χ3v) is 2.39. The maximum absolute atomic E-state index is 13.2. The number of halogens is 1. The third kappa shape index (κ3) is 3.06. The standard InChI is InChI=1S/C13H15FO4/c1-4-18-13(16)12(15)10-7-9(8(2)14)5-6-11(10)17-3/h5-8H,4H2,1-3H3. The largest absolute Gasteiger partial charge is 0.496 e. The molecule has 1 aromatic rings. The van der Waals surface area contributed by atoms with Gasteiger partial charge in [-0.2, -0.15) is 0 Å². The van der Waals surface area contributed by atoms with E-state index in [2.05, 4.69) is 4.74 Å². The van der Waals surface area contributed by atoms with Gasteiger partial charge in [0, 0.05) is 0 Å². The average Bonchev–Trinajstić information content (AvgIpc) is 2.37. The fraction of sp³-hybridized carbons (Fsp3) is 0.385. The fourth-order valence-electron chi connectivity index (χ4n) is 1.46. The molecule has 1 rings (SSSR count). The van der Waals surface area contributed by atoms with Gasteiger partial charge >= 0.3 is 5.97 Å². The molecule has 0 spiro atoms. The van der Waals surface area contributed by atoms with Crippen LogP contribution in [0.2, 0.25) is 0 Å². The molecule has 0 aromatic heterocycles. The van der Waals surface area contributed by atoms with Crippen LogP contribution in [-0.4, -0.2) is 25.5 Å². The van der Waals surface area contributed by atoms with Gasteiger partial charge in [0.25, 0.3) is 5.78 Å². The molecule has 18 heavy (non-hydrogen) atoms. The summed E-state index contributed by atoms with van der Waals surface area (Å²) >= 11 is 0. The lowest BCUT2D eigenvalue weighted by Crippen LogP contribution is -2.18. The van der Waals surface area contributed by atoms with Gasteiger partial charge in [-0.05, 0) is 31.5 Å². The van der Waals surface area contributed by atoms with Gasteiger partial charge in [0.15, 0.2) is 0 Å². The van der Waals surface area contributed by atoms with Crippen LogP contribution in [0, 0.1) is 0 Å². The molecule has 0 aliphatic carbocycles. The van der Waals surface area contributed by atoms with Crippen molar-refractivity contribution in [2.45, 2.75) is 20.0 Å². The lowest BCUT2D eigenvalue weighted by Gasteiger charge is -2.10.